The molecular weight excluding hydrogens is 240 g/mol. The van der Waals surface area contributed by atoms with E-state index < -0.39 is 12.1 Å². The summed E-state index contributed by atoms with van der Waals surface area (Å²) in [7, 11) is 0. The Kier molecular flexibility index (Phi) is 8.08. The second kappa shape index (κ2) is 8.42. The summed E-state index contributed by atoms with van der Waals surface area (Å²) < 4.78 is 10.3. The second-order valence-electron chi connectivity index (χ2n) is 4.08. The highest BCUT2D eigenvalue weighted by Gasteiger charge is 2.21. The minimum atomic E-state index is -1.24. The van der Waals surface area contributed by atoms with Crippen LogP contribution in [0.15, 0.2) is 0 Å². The molecule has 0 aromatic heterocycles. The van der Waals surface area contributed by atoms with Crippen molar-refractivity contribution in [2.24, 2.45) is 0 Å². The standard InChI is InChI=1S/C12H22O4S/c1-5-8(3)15-11(17)7-10(13)12(14)16-9(4)6-2/h8-10,13H,5-7H2,1-4H3. The molecule has 0 rings (SSSR count). The van der Waals surface area contributed by atoms with E-state index in [-0.39, 0.29) is 23.7 Å². The first-order valence-electron chi connectivity index (χ1n) is 5.98. The zero-order valence-electron chi connectivity index (χ0n) is 10.9. The Morgan fingerprint density at radius 2 is 1.65 bits per heavy atom. The molecule has 5 heteroatoms. The van der Waals surface area contributed by atoms with Gasteiger partial charge in [-0.2, -0.15) is 0 Å². The molecular formula is C12H22O4S. The normalized spacial score (nSPS) is 15.8. The van der Waals surface area contributed by atoms with Crippen molar-refractivity contribution in [1.82, 2.24) is 0 Å². The zero-order valence-corrected chi connectivity index (χ0v) is 11.8. The number of thiocarbonyl (C=S) groups is 1. The molecule has 0 saturated heterocycles. The van der Waals surface area contributed by atoms with Crippen molar-refractivity contribution in [3.05, 3.63) is 0 Å². The summed E-state index contributed by atoms with van der Waals surface area (Å²) in [6, 6.07) is 0. The number of hydrogen-bond acceptors (Lipinski definition) is 5. The first kappa shape index (κ1) is 16.3. The maximum absolute atomic E-state index is 11.4. The number of ether oxygens (including phenoxy) is 2. The zero-order chi connectivity index (χ0) is 13.4. The molecule has 0 aliphatic heterocycles. The molecule has 3 atom stereocenters. The fourth-order valence-corrected chi connectivity index (χ4v) is 1.28. The molecule has 0 bridgehead atoms. The van der Waals surface area contributed by atoms with Crippen LogP contribution in [-0.4, -0.2) is 34.4 Å². The molecule has 0 aromatic carbocycles. The first-order valence-corrected chi connectivity index (χ1v) is 6.39. The van der Waals surface area contributed by atoms with Crippen LogP contribution in [0, 0.1) is 0 Å². The number of esters is 1. The molecule has 0 fully saturated rings. The molecule has 0 radical (unpaired) electrons. The molecule has 0 aliphatic carbocycles. The molecule has 0 aromatic rings. The molecule has 0 amide bonds. The third-order valence-electron chi connectivity index (χ3n) is 2.43. The lowest BCUT2D eigenvalue weighted by Gasteiger charge is -2.17. The minimum absolute atomic E-state index is 0.000265. The Labute approximate surface area is 108 Å². The topological polar surface area (TPSA) is 55.8 Å². The average molecular weight is 262 g/mol. The number of aliphatic hydroxyl groups excluding tert-OH is 1. The van der Waals surface area contributed by atoms with Crippen LogP contribution in [0.2, 0.25) is 0 Å². The van der Waals surface area contributed by atoms with Crippen LogP contribution in [0.4, 0.5) is 0 Å². The molecule has 0 aliphatic rings. The molecule has 0 heterocycles. The number of hydrogen-bond donors (Lipinski definition) is 1. The van der Waals surface area contributed by atoms with Crippen LogP contribution in [0.3, 0.4) is 0 Å². The highest BCUT2D eigenvalue weighted by molar-refractivity contribution is 7.80. The Balaban J connectivity index is 4.03. The van der Waals surface area contributed by atoms with Crippen LogP contribution in [-0.2, 0) is 14.3 Å². The number of carbonyl (C=O) groups is 1. The van der Waals surface area contributed by atoms with Crippen LogP contribution >= 0.6 is 12.2 Å². The Hall–Kier alpha value is -0.680. The van der Waals surface area contributed by atoms with E-state index >= 15 is 0 Å². The second-order valence-corrected chi connectivity index (χ2v) is 4.54. The number of aliphatic hydroxyl groups is 1. The van der Waals surface area contributed by atoms with E-state index in [1.165, 1.54) is 0 Å². The summed E-state index contributed by atoms with van der Waals surface area (Å²) in [5.41, 5.74) is 0. The highest BCUT2D eigenvalue weighted by Crippen LogP contribution is 2.06. The summed E-state index contributed by atoms with van der Waals surface area (Å²) >= 11 is 4.94. The first-order chi connectivity index (χ1) is 7.90. The smallest absolute Gasteiger partial charge is 0.335 e. The minimum Gasteiger partial charge on any atom is -0.484 e. The van der Waals surface area contributed by atoms with Gasteiger partial charge >= 0.3 is 5.97 Å². The van der Waals surface area contributed by atoms with Gasteiger partial charge in [-0.3, -0.25) is 0 Å². The molecule has 1 N–H and O–H groups in total. The van der Waals surface area contributed by atoms with E-state index in [1.54, 1.807) is 6.92 Å². The van der Waals surface area contributed by atoms with Crippen molar-refractivity contribution in [3.8, 4) is 0 Å². The molecule has 4 nitrogen and oxygen atoms in total. The lowest BCUT2D eigenvalue weighted by atomic mass is 10.2. The van der Waals surface area contributed by atoms with Gasteiger partial charge in [0.25, 0.3) is 0 Å². The fraction of sp³-hybridized carbons (Fsp3) is 0.833. The van der Waals surface area contributed by atoms with E-state index in [0.717, 1.165) is 6.42 Å². The van der Waals surface area contributed by atoms with Gasteiger partial charge in [0.15, 0.2) is 11.2 Å². The third kappa shape index (κ3) is 7.28. The summed E-state index contributed by atoms with van der Waals surface area (Å²) in [5.74, 6) is -0.644. The van der Waals surface area contributed by atoms with Crippen LogP contribution in [0.1, 0.15) is 47.0 Å². The van der Waals surface area contributed by atoms with Crippen molar-refractivity contribution in [2.45, 2.75) is 65.3 Å². The van der Waals surface area contributed by atoms with E-state index in [9.17, 15) is 9.90 Å². The van der Waals surface area contributed by atoms with Gasteiger partial charge < -0.3 is 14.6 Å². The maximum Gasteiger partial charge on any atom is 0.335 e. The lowest BCUT2D eigenvalue weighted by molar-refractivity contribution is -0.158. The predicted molar refractivity (Wildman–Crippen MR) is 69.9 cm³/mol. The van der Waals surface area contributed by atoms with Gasteiger partial charge in [-0.1, -0.05) is 13.8 Å². The summed E-state index contributed by atoms with van der Waals surface area (Å²) in [6.45, 7) is 7.54. The fourth-order valence-electron chi connectivity index (χ4n) is 0.957. The molecule has 17 heavy (non-hydrogen) atoms. The SMILES string of the molecule is CCC(C)OC(=O)C(O)CC(=S)OC(C)CC. The van der Waals surface area contributed by atoms with Gasteiger partial charge in [-0.25, -0.2) is 4.79 Å². The quantitative estimate of drug-likeness (QED) is 0.563. The summed E-state index contributed by atoms with van der Waals surface area (Å²) in [4.78, 5) is 11.4. The van der Waals surface area contributed by atoms with Crippen LogP contribution < -0.4 is 0 Å². The van der Waals surface area contributed by atoms with Crippen molar-refractivity contribution < 1.29 is 19.4 Å². The van der Waals surface area contributed by atoms with Crippen LogP contribution in [0.5, 0.6) is 0 Å². The Morgan fingerprint density at radius 3 is 2.12 bits per heavy atom. The molecule has 0 spiro atoms. The molecule has 3 unspecified atom stereocenters. The third-order valence-corrected chi connectivity index (χ3v) is 2.69. The maximum atomic E-state index is 11.4. The van der Waals surface area contributed by atoms with Gasteiger partial charge in [-0.15, -0.1) is 0 Å². The van der Waals surface area contributed by atoms with E-state index in [4.69, 9.17) is 21.7 Å². The van der Waals surface area contributed by atoms with E-state index in [2.05, 4.69) is 0 Å². The van der Waals surface area contributed by atoms with Gasteiger partial charge in [-0.05, 0) is 38.9 Å². The van der Waals surface area contributed by atoms with Gasteiger partial charge in [0, 0.05) is 0 Å². The monoisotopic (exact) mass is 262 g/mol. The highest BCUT2D eigenvalue weighted by atomic mass is 32.1. The average Bonchev–Trinajstić information content (AvgIpc) is 2.28. The van der Waals surface area contributed by atoms with E-state index in [1.807, 2.05) is 20.8 Å². The van der Waals surface area contributed by atoms with Gasteiger partial charge in [0.1, 0.15) is 0 Å². The van der Waals surface area contributed by atoms with Crippen molar-refractivity contribution in [3.63, 3.8) is 0 Å². The van der Waals surface area contributed by atoms with Gasteiger partial charge in [0.05, 0.1) is 18.6 Å². The number of carbonyl (C=O) groups excluding carboxylic acids is 1. The van der Waals surface area contributed by atoms with E-state index in [0.29, 0.717) is 6.42 Å². The summed E-state index contributed by atoms with van der Waals surface area (Å²) in [6.07, 6.45) is 0.122. The number of rotatable bonds is 7. The Morgan fingerprint density at radius 1 is 1.18 bits per heavy atom. The van der Waals surface area contributed by atoms with Crippen molar-refractivity contribution in [2.75, 3.05) is 0 Å². The summed E-state index contributed by atoms with van der Waals surface area (Å²) in [5, 5.41) is 9.82. The predicted octanol–water partition coefficient (Wildman–Crippen LogP) is 2.22. The molecule has 100 valence electrons. The molecule has 0 saturated carbocycles. The van der Waals surface area contributed by atoms with Crippen LogP contribution in [0.25, 0.3) is 0 Å². The van der Waals surface area contributed by atoms with Crippen molar-refractivity contribution >= 4 is 23.2 Å². The van der Waals surface area contributed by atoms with Gasteiger partial charge in [0.2, 0.25) is 0 Å². The van der Waals surface area contributed by atoms with Crippen molar-refractivity contribution in [1.29, 1.82) is 0 Å². The Bertz CT molecular complexity index is 255. The lowest BCUT2D eigenvalue weighted by Crippen LogP contribution is -2.29. The largest absolute Gasteiger partial charge is 0.484 e.